The summed E-state index contributed by atoms with van der Waals surface area (Å²) in [5, 5.41) is 6.82. The Morgan fingerprint density at radius 2 is 1.94 bits per heavy atom. The number of carbonyl (C=O) groups is 2. The van der Waals surface area contributed by atoms with Crippen molar-refractivity contribution < 1.29 is 27.5 Å². The molecule has 11 heteroatoms. The molecule has 0 spiro atoms. The highest BCUT2D eigenvalue weighted by Gasteiger charge is 2.35. The summed E-state index contributed by atoms with van der Waals surface area (Å²) in [6.07, 6.45) is -1.58. The number of rotatable bonds is 4. The van der Waals surface area contributed by atoms with Crippen molar-refractivity contribution in [2.24, 2.45) is 0 Å². The minimum atomic E-state index is -4.66. The highest BCUT2D eigenvalue weighted by molar-refractivity contribution is 7.17. The van der Waals surface area contributed by atoms with Gasteiger partial charge in [0.1, 0.15) is 10.7 Å². The van der Waals surface area contributed by atoms with Crippen LogP contribution in [0.2, 0.25) is 0 Å². The highest BCUT2D eigenvalue weighted by atomic mass is 32.1. The van der Waals surface area contributed by atoms with Gasteiger partial charge in [0.25, 0.3) is 5.91 Å². The number of aromatic nitrogens is 3. The second kappa shape index (κ2) is 8.19. The molecule has 0 aromatic carbocycles. The van der Waals surface area contributed by atoms with Gasteiger partial charge in [0, 0.05) is 16.6 Å². The fourth-order valence-electron chi connectivity index (χ4n) is 3.72. The molecular weight excluding hydrogens is 445 g/mol. The smallest absolute Gasteiger partial charge is 0.433 e. The topological polar surface area (TPSA) is 85.6 Å². The number of fused-ring (bicyclic) bond motifs is 2. The molecular formula is C21H21F3N4O3S. The quantitative estimate of drug-likeness (QED) is 0.558. The molecule has 1 aliphatic carbocycles. The van der Waals surface area contributed by atoms with Crippen LogP contribution >= 0.6 is 11.3 Å². The number of thiophene rings is 1. The van der Waals surface area contributed by atoms with E-state index >= 15 is 0 Å². The minimum Gasteiger partial charge on any atom is -0.459 e. The van der Waals surface area contributed by atoms with Crippen LogP contribution in [0.25, 0.3) is 5.65 Å². The SMILES string of the molecule is Cc1cc(C(F)(F)F)n2nc(C(=O)Nc3sc4c(c3C(=O)OC(C)C)CCCC4)cc2n1. The highest BCUT2D eigenvalue weighted by Crippen LogP contribution is 2.39. The molecule has 0 aliphatic heterocycles. The lowest BCUT2D eigenvalue weighted by atomic mass is 9.95. The van der Waals surface area contributed by atoms with Crippen molar-refractivity contribution in [3.8, 4) is 0 Å². The van der Waals surface area contributed by atoms with Gasteiger partial charge >= 0.3 is 12.1 Å². The maximum Gasteiger partial charge on any atom is 0.433 e. The number of nitrogens with zero attached hydrogens (tertiary/aromatic N) is 3. The number of halogens is 3. The van der Waals surface area contributed by atoms with Crippen molar-refractivity contribution in [2.75, 3.05) is 5.32 Å². The lowest BCUT2D eigenvalue weighted by Crippen LogP contribution is -2.18. The molecule has 0 saturated carbocycles. The maximum atomic E-state index is 13.4. The summed E-state index contributed by atoms with van der Waals surface area (Å²) in [5.41, 5.74) is -0.00183. The number of esters is 1. The normalized spacial score (nSPS) is 14.0. The van der Waals surface area contributed by atoms with Crippen LogP contribution in [0.4, 0.5) is 18.2 Å². The molecule has 4 rings (SSSR count). The molecule has 32 heavy (non-hydrogen) atoms. The van der Waals surface area contributed by atoms with Crippen LogP contribution in [-0.2, 0) is 23.8 Å². The zero-order valence-corrected chi connectivity index (χ0v) is 18.5. The van der Waals surface area contributed by atoms with E-state index in [-0.39, 0.29) is 23.1 Å². The zero-order valence-electron chi connectivity index (χ0n) is 17.7. The average molecular weight is 466 g/mol. The lowest BCUT2D eigenvalue weighted by Gasteiger charge is -2.14. The maximum absolute atomic E-state index is 13.4. The zero-order chi connectivity index (χ0) is 23.2. The Morgan fingerprint density at radius 3 is 2.62 bits per heavy atom. The minimum absolute atomic E-state index is 0.0904. The Morgan fingerprint density at radius 1 is 1.22 bits per heavy atom. The first kappa shape index (κ1) is 22.3. The van der Waals surface area contributed by atoms with Crippen LogP contribution in [0.3, 0.4) is 0 Å². The number of anilines is 1. The second-order valence-electron chi connectivity index (χ2n) is 7.90. The van der Waals surface area contributed by atoms with Gasteiger partial charge in [-0.1, -0.05) is 0 Å². The summed E-state index contributed by atoms with van der Waals surface area (Å²) < 4.78 is 46.2. The molecule has 170 valence electrons. The van der Waals surface area contributed by atoms with E-state index in [0.29, 0.717) is 21.5 Å². The molecule has 3 heterocycles. The van der Waals surface area contributed by atoms with E-state index in [4.69, 9.17) is 4.74 Å². The van der Waals surface area contributed by atoms with Gasteiger partial charge < -0.3 is 10.1 Å². The first-order valence-electron chi connectivity index (χ1n) is 10.2. The number of aryl methyl sites for hydroxylation is 2. The van der Waals surface area contributed by atoms with E-state index in [2.05, 4.69) is 15.4 Å². The Labute approximate surface area is 185 Å². The van der Waals surface area contributed by atoms with Gasteiger partial charge in [-0.2, -0.15) is 18.3 Å². The van der Waals surface area contributed by atoms with Gasteiger partial charge in [0.15, 0.2) is 11.3 Å². The number of amides is 1. The second-order valence-corrected chi connectivity index (χ2v) is 9.01. The largest absolute Gasteiger partial charge is 0.459 e. The van der Waals surface area contributed by atoms with Crippen LogP contribution in [0.1, 0.15) is 69.4 Å². The lowest BCUT2D eigenvalue weighted by molar-refractivity contribution is -0.142. The summed E-state index contributed by atoms with van der Waals surface area (Å²) in [6, 6.07) is 2.06. The third-order valence-corrected chi connectivity index (χ3v) is 6.23. The van der Waals surface area contributed by atoms with Crippen LogP contribution in [0.15, 0.2) is 12.1 Å². The predicted octanol–water partition coefficient (Wildman–Crippen LogP) is 4.81. The first-order valence-corrected chi connectivity index (χ1v) is 11.0. The number of ether oxygens (including phenoxy) is 1. The Hall–Kier alpha value is -2.95. The van der Waals surface area contributed by atoms with Gasteiger partial charge in [-0.05, 0) is 58.1 Å². The molecule has 1 amide bonds. The molecule has 0 saturated heterocycles. The van der Waals surface area contributed by atoms with E-state index < -0.39 is 23.7 Å². The summed E-state index contributed by atoms with van der Waals surface area (Å²) in [7, 11) is 0. The predicted molar refractivity (Wildman–Crippen MR) is 112 cm³/mol. The fraction of sp³-hybridized carbons (Fsp3) is 0.429. The fourth-order valence-corrected chi connectivity index (χ4v) is 5.00. The van der Waals surface area contributed by atoms with Gasteiger partial charge in [0.2, 0.25) is 0 Å². The molecule has 0 fully saturated rings. The Balaban J connectivity index is 1.71. The standard InChI is InChI=1S/C21H21F3N4O3S/c1-10(2)31-20(30)17-12-6-4-5-7-14(12)32-19(17)26-18(29)13-9-16-25-11(3)8-15(21(22,23)24)28(16)27-13/h8-10H,4-7H2,1-3H3,(H,26,29). The molecule has 3 aromatic heterocycles. The van der Waals surface area contributed by atoms with Crippen LogP contribution in [0, 0.1) is 6.92 Å². The summed E-state index contributed by atoms with van der Waals surface area (Å²) >= 11 is 1.29. The summed E-state index contributed by atoms with van der Waals surface area (Å²) in [6.45, 7) is 4.91. The van der Waals surface area contributed by atoms with Crippen molar-refractivity contribution in [1.29, 1.82) is 0 Å². The van der Waals surface area contributed by atoms with Gasteiger partial charge in [0.05, 0.1) is 11.7 Å². The third kappa shape index (κ3) is 4.21. The Bertz CT molecular complexity index is 1210. The molecule has 0 bridgehead atoms. The molecule has 0 atom stereocenters. The van der Waals surface area contributed by atoms with Gasteiger partial charge in [-0.25, -0.2) is 14.3 Å². The van der Waals surface area contributed by atoms with Crippen molar-refractivity contribution in [3.63, 3.8) is 0 Å². The molecule has 7 nitrogen and oxygen atoms in total. The average Bonchev–Trinajstić information content (AvgIpc) is 3.26. The number of hydrogen-bond donors (Lipinski definition) is 1. The van der Waals surface area contributed by atoms with Crippen molar-refractivity contribution in [3.05, 3.63) is 45.2 Å². The molecule has 3 aromatic rings. The van der Waals surface area contributed by atoms with Crippen LogP contribution < -0.4 is 5.32 Å². The van der Waals surface area contributed by atoms with Gasteiger partial charge in [-0.15, -0.1) is 11.3 Å². The van der Waals surface area contributed by atoms with E-state index in [0.717, 1.165) is 35.8 Å². The molecule has 0 unspecified atom stereocenters. The van der Waals surface area contributed by atoms with Crippen LogP contribution in [0.5, 0.6) is 0 Å². The van der Waals surface area contributed by atoms with Crippen molar-refractivity contribution in [2.45, 2.75) is 58.7 Å². The van der Waals surface area contributed by atoms with Crippen LogP contribution in [-0.4, -0.2) is 32.6 Å². The summed E-state index contributed by atoms with van der Waals surface area (Å²) in [5.74, 6) is -1.25. The van der Waals surface area contributed by atoms with Crippen molar-refractivity contribution in [1.82, 2.24) is 14.6 Å². The number of carbonyl (C=O) groups excluding carboxylic acids is 2. The van der Waals surface area contributed by atoms with E-state index in [9.17, 15) is 22.8 Å². The van der Waals surface area contributed by atoms with E-state index in [1.54, 1.807) is 13.8 Å². The number of hydrogen-bond acceptors (Lipinski definition) is 6. The van der Waals surface area contributed by atoms with Gasteiger partial charge in [-0.3, -0.25) is 4.79 Å². The first-order chi connectivity index (χ1) is 15.0. The summed E-state index contributed by atoms with van der Waals surface area (Å²) in [4.78, 5) is 30.7. The monoisotopic (exact) mass is 466 g/mol. The third-order valence-electron chi connectivity index (χ3n) is 5.02. The molecule has 1 N–H and O–H groups in total. The number of alkyl halides is 3. The molecule has 1 aliphatic rings. The van der Waals surface area contributed by atoms with E-state index in [1.165, 1.54) is 24.3 Å². The van der Waals surface area contributed by atoms with Crippen molar-refractivity contribution >= 4 is 33.9 Å². The molecule has 0 radical (unpaired) electrons. The number of nitrogens with one attached hydrogen (secondary N) is 1. The Kier molecular flexibility index (Phi) is 5.70. The van der Waals surface area contributed by atoms with E-state index in [1.807, 2.05) is 0 Å².